The largest absolute Gasteiger partial charge is 0.339 e. The minimum atomic E-state index is -0.791. The van der Waals surface area contributed by atoms with Crippen LogP contribution in [0, 0.1) is 0 Å². The second-order valence-corrected chi connectivity index (χ2v) is 6.02. The summed E-state index contributed by atoms with van der Waals surface area (Å²) in [4.78, 5) is 27.3. The standard InChI is InChI=1S/C12H13BrN4O2S/c1-17-12(15-10(18)11(19)16-17)20-9-6-8(13)3-2-7(9)4-5-14/h2-3,6H,4-5,14H2,1H3,(H,16,19). The number of hydrogen-bond acceptors (Lipinski definition) is 5. The highest BCUT2D eigenvalue weighted by atomic mass is 79.9. The monoisotopic (exact) mass is 356 g/mol. The van der Waals surface area contributed by atoms with Crippen molar-refractivity contribution in [1.29, 1.82) is 0 Å². The molecule has 0 saturated heterocycles. The molecule has 0 unspecified atom stereocenters. The summed E-state index contributed by atoms with van der Waals surface area (Å²) in [6, 6.07) is 5.85. The Bertz CT molecular complexity index is 741. The van der Waals surface area contributed by atoms with Gasteiger partial charge in [-0.3, -0.25) is 19.4 Å². The van der Waals surface area contributed by atoms with Crippen LogP contribution >= 0.6 is 27.7 Å². The Morgan fingerprint density at radius 2 is 2.20 bits per heavy atom. The molecule has 0 amide bonds. The van der Waals surface area contributed by atoms with E-state index in [1.54, 1.807) is 7.05 Å². The highest BCUT2D eigenvalue weighted by Gasteiger charge is 2.10. The van der Waals surface area contributed by atoms with Gasteiger partial charge in [0.25, 0.3) is 0 Å². The minimum Gasteiger partial charge on any atom is -0.330 e. The van der Waals surface area contributed by atoms with Crippen LogP contribution < -0.4 is 16.9 Å². The first kappa shape index (κ1) is 15.0. The quantitative estimate of drug-likeness (QED) is 0.793. The summed E-state index contributed by atoms with van der Waals surface area (Å²) in [5, 5.41) is 2.84. The van der Waals surface area contributed by atoms with Crippen LogP contribution in [0.4, 0.5) is 0 Å². The fourth-order valence-electron chi connectivity index (χ4n) is 1.64. The molecular formula is C12H13BrN4O2S. The average Bonchev–Trinajstić information content (AvgIpc) is 2.39. The molecule has 20 heavy (non-hydrogen) atoms. The van der Waals surface area contributed by atoms with Crippen LogP contribution in [0.2, 0.25) is 0 Å². The van der Waals surface area contributed by atoms with Crippen molar-refractivity contribution in [2.24, 2.45) is 12.8 Å². The molecule has 0 bridgehead atoms. The smallest absolute Gasteiger partial charge is 0.330 e. The van der Waals surface area contributed by atoms with E-state index in [4.69, 9.17) is 5.73 Å². The van der Waals surface area contributed by atoms with E-state index in [0.717, 1.165) is 21.4 Å². The third-order valence-corrected chi connectivity index (χ3v) is 4.23. The normalized spacial score (nSPS) is 10.8. The maximum absolute atomic E-state index is 11.3. The van der Waals surface area contributed by atoms with Crippen molar-refractivity contribution < 1.29 is 0 Å². The van der Waals surface area contributed by atoms with Gasteiger partial charge in [-0.05, 0) is 42.4 Å². The van der Waals surface area contributed by atoms with E-state index in [1.165, 1.54) is 16.4 Å². The molecule has 0 saturated carbocycles. The van der Waals surface area contributed by atoms with Gasteiger partial charge in [-0.25, -0.2) is 0 Å². The van der Waals surface area contributed by atoms with Gasteiger partial charge in [0.1, 0.15) is 0 Å². The first-order chi connectivity index (χ1) is 9.51. The maximum Gasteiger partial charge on any atom is 0.339 e. The number of benzene rings is 1. The zero-order valence-corrected chi connectivity index (χ0v) is 13.1. The lowest BCUT2D eigenvalue weighted by Crippen LogP contribution is -2.33. The van der Waals surface area contributed by atoms with Gasteiger partial charge < -0.3 is 5.73 Å². The molecule has 1 aromatic carbocycles. The number of hydrogen-bond donors (Lipinski definition) is 2. The number of nitrogens with zero attached hydrogens (tertiary/aromatic N) is 2. The average molecular weight is 357 g/mol. The van der Waals surface area contributed by atoms with Crippen molar-refractivity contribution in [3.63, 3.8) is 0 Å². The van der Waals surface area contributed by atoms with Crippen molar-refractivity contribution in [3.05, 3.63) is 48.9 Å². The Hall–Kier alpha value is -1.38. The Kier molecular flexibility index (Phi) is 4.79. The van der Waals surface area contributed by atoms with Gasteiger partial charge in [0.2, 0.25) is 0 Å². The zero-order chi connectivity index (χ0) is 14.7. The lowest BCUT2D eigenvalue weighted by molar-refractivity contribution is 0.596. The highest BCUT2D eigenvalue weighted by molar-refractivity contribution is 9.10. The molecule has 106 valence electrons. The predicted octanol–water partition coefficient (Wildman–Crippen LogP) is 0.883. The lowest BCUT2D eigenvalue weighted by Gasteiger charge is -2.10. The Balaban J connectivity index is 2.44. The van der Waals surface area contributed by atoms with Crippen molar-refractivity contribution in [2.45, 2.75) is 16.5 Å². The summed E-state index contributed by atoms with van der Waals surface area (Å²) < 4.78 is 2.36. The topological polar surface area (TPSA) is 93.8 Å². The number of aromatic nitrogens is 3. The highest BCUT2D eigenvalue weighted by Crippen LogP contribution is 2.30. The molecule has 0 spiro atoms. The summed E-state index contributed by atoms with van der Waals surface area (Å²) in [6.45, 7) is 0.535. The van der Waals surface area contributed by atoms with Gasteiger partial charge in [-0.1, -0.05) is 22.0 Å². The van der Waals surface area contributed by atoms with Crippen LogP contribution in [0.3, 0.4) is 0 Å². The van der Waals surface area contributed by atoms with Crippen LogP contribution in [0.1, 0.15) is 5.56 Å². The minimum absolute atomic E-state index is 0.422. The molecule has 1 aromatic heterocycles. The molecule has 0 fully saturated rings. The van der Waals surface area contributed by atoms with E-state index in [9.17, 15) is 9.59 Å². The molecule has 0 aliphatic rings. The number of rotatable bonds is 4. The van der Waals surface area contributed by atoms with E-state index in [1.807, 2.05) is 18.2 Å². The molecule has 0 radical (unpaired) electrons. The molecule has 6 nitrogen and oxygen atoms in total. The Morgan fingerprint density at radius 1 is 1.45 bits per heavy atom. The molecule has 0 aliphatic carbocycles. The first-order valence-electron chi connectivity index (χ1n) is 5.85. The van der Waals surface area contributed by atoms with Gasteiger partial charge >= 0.3 is 11.1 Å². The van der Waals surface area contributed by atoms with Crippen molar-refractivity contribution in [2.75, 3.05) is 6.54 Å². The van der Waals surface area contributed by atoms with Crippen LogP contribution in [0.15, 0.2) is 42.3 Å². The lowest BCUT2D eigenvalue weighted by atomic mass is 10.1. The van der Waals surface area contributed by atoms with Crippen molar-refractivity contribution >= 4 is 27.7 Å². The van der Waals surface area contributed by atoms with E-state index < -0.39 is 11.1 Å². The summed E-state index contributed by atoms with van der Waals surface area (Å²) in [5.41, 5.74) is 5.15. The molecule has 0 aliphatic heterocycles. The number of aromatic amines is 1. The number of nitrogens with one attached hydrogen (secondary N) is 1. The fraction of sp³-hybridized carbons (Fsp3) is 0.250. The van der Waals surface area contributed by atoms with Gasteiger partial charge in [0.05, 0.1) is 0 Å². The van der Waals surface area contributed by atoms with Crippen molar-refractivity contribution in [1.82, 2.24) is 14.8 Å². The summed E-state index contributed by atoms with van der Waals surface area (Å²) in [5.74, 6) is 0. The molecule has 1 heterocycles. The molecule has 8 heteroatoms. The van der Waals surface area contributed by atoms with Crippen molar-refractivity contribution in [3.8, 4) is 0 Å². The first-order valence-corrected chi connectivity index (χ1v) is 7.46. The van der Waals surface area contributed by atoms with E-state index in [2.05, 4.69) is 26.0 Å². The molecule has 3 N–H and O–H groups in total. The van der Waals surface area contributed by atoms with Crippen LogP contribution in [0.5, 0.6) is 0 Å². The van der Waals surface area contributed by atoms with Gasteiger partial charge in [0.15, 0.2) is 5.16 Å². The summed E-state index contributed by atoms with van der Waals surface area (Å²) in [7, 11) is 1.64. The maximum atomic E-state index is 11.3. The summed E-state index contributed by atoms with van der Waals surface area (Å²) in [6.07, 6.45) is 0.729. The number of H-pyrrole nitrogens is 1. The van der Waals surface area contributed by atoms with E-state index in [0.29, 0.717) is 11.7 Å². The van der Waals surface area contributed by atoms with Crippen LogP contribution in [-0.2, 0) is 13.5 Å². The second-order valence-electron chi connectivity index (χ2n) is 4.09. The van der Waals surface area contributed by atoms with Gasteiger partial charge in [-0.15, -0.1) is 0 Å². The third kappa shape index (κ3) is 3.38. The molecular weight excluding hydrogens is 344 g/mol. The Labute approximate surface area is 127 Å². The fourth-order valence-corrected chi connectivity index (χ4v) is 3.14. The van der Waals surface area contributed by atoms with Crippen LogP contribution in [-0.4, -0.2) is 21.3 Å². The number of aryl methyl sites for hydroxylation is 1. The predicted molar refractivity (Wildman–Crippen MR) is 81.1 cm³/mol. The second kappa shape index (κ2) is 6.38. The third-order valence-electron chi connectivity index (χ3n) is 2.59. The SMILES string of the molecule is Cn1[nH]c(=O)c(=O)nc1Sc1cc(Br)ccc1CCN. The Morgan fingerprint density at radius 3 is 2.90 bits per heavy atom. The van der Waals surface area contributed by atoms with Gasteiger partial charge in [0, 0.05) is 16.4 Å². The summed E-state index contributed by atoms with van der Waals surface area (Å²) >= 11 is 4.73. The molecule has 2 aromatic rings. The number of halogens is 1. The molecule has 0 atom stereocenters. The zero-order valence-electron chi connectivity index (χ0n) is 10.7. The van der Waals surface area contributed by atoms with Crippen LogP contribution in [0.25, 0.3) is 0 Å². The number of nitrogens with two attached hydrogens (primary N) is 1. The van der Waals surface area contributed by atoms with E-state index >= 15 is 0 Å². The van der Waals surface area contributed by atoms with E-state index in [-0.39, 0.29) is 0 Å². The van der Waals surface area contributed by atoms with Gasteiger partial charge in [-0.2, -0.15) is 4.98 Å². The molecule has 2 rings (SSSR count).